The molecule has 0 bridgehead atoms. The zero-order chi connectivity index (χ0) is 10.1. The predicted octanol–water partition coefficient (Wildman–Crippen LogP) is 0.514. The number of H-pyrrole nitrogens is 1. The van der Waals surface area contributed by atoms with Gasteiger partial charge in [0.25, 0.3) is 0 Å². The Hall–Kier alpha value is -2.04. The van der Waals surface area contributed by atoms with Gasteiger partial charge in [-0.2, -0.15) is 4.98 Å². The standard InChI is InChI=1S/C9H9N3O2/c1-14-5-2-3-6-7(4-5)11-9(13)12-8(6)10/h2-4H,1H3,(H3,10,11,12,13). The molecule has 0 aliphatic rings. The lowest BCUT2D eigenvalue weighted by molar-refractivity contribution is 0.415. The average Bonchev–Trinajstić information content (AvgIpc) is 2.16. The number of anilines is 1. The van der Waals surface area contributed by atoms with Gasteiger partial charge in [-0.25, -0.2) is 4.79 Å². The molecular formula is C9H9N3O2. The summed E-state index contributed by atoms with van der Waals surface area (Å²) in [5, 5.41) is 0.713. The molecular weight excluding hydrogens is 182 g/mol. The zero-order valence-corrected chi connectivity index (χ0v) is 7.57. The van der Waals surface area contributed by atoms with Crippen LogP contribution < -0.4 is 16.2 Å². The van der Waals surface area contributed by atoms with Crippen LogP contribution >= 0.6 is 0 Å². The Morgan fingerprint density at radius 2 is 2.29 bits per heavy atom. The number of hydrogen-bond donors (Lipinski definition) is 2. The Morgan fingerprint density at radius 3 is 3.00 bits per heavy atom. The fraction of sp³-hybridized carbons (Fsp3) is 0.111. The van der Waals surface area contributed by atoms with Crippen LogP contribution in [-0.4, -0.2) is 17.1 Å². The van der Waals surface area contributed by atoms with Crippen LogP contribution in [-0.2, 0) is 0 Å². The first-order valence-electron chi connectivity index (χ1n) is 4.04. The van der Waals surface area contributed by atoms with E-state index in [-0.39, 0.29) is 5.82 Å². The highest BCUT2D eigenvalue weighted by Gasteiger charge is 2.02. The van der Waals surface area contributed by atoms with Crippen LogP contribution in [0.4, 0.5) is 5.82 Å². The topological polar surface area (TPSA) is 81.0 Å². The maximum absolute atomic E-state index is 11.0. The van der Waals surface area contributed by atoms with Gasteiger partial charge in [0.1, 0.15) is 11.6 Å². The molecule has 0 atom stereocenters. The molecule has 2 aromatic rings. The molecule has 0 unspecified atom stereocenters. The Kier molecular flexibility index (Phi) is 1.85. The molecule has 1 aromatic carbocycles. The molecule has 5 nitrogen and oxygen atoms in total. The summed E-state index contributed by atoms with van der Waals surface area (Å²) in [6, 6.07) is 5.22. The van der Waals surface area contributed by atoms with Crippen molar-refractivity contribution in [2.45, 2.75) is 0 Å². The van der Waals surface area contributed by atoms with E-state index < -0.39 is 5.69 Å². The van der Waals surface area contributed by atoms with Crippen LogP contribution in [0.2, 0.25) is 0 Å². The molecule has 14 heavy (non-hydrogen) atoms. The lowest BCUT2D eigenvalue weighted by atomic mass is 10.2. The molecule has 0 aliphatic heterocycles. The first kappa shape index (κ1) is 8.55. The molecule has 0 amide bonds. The Balaban J connectivity index is 2.82. The molecule has 1 aromatic heterocycles. The molecule has 3 N–H and O–H groups in total. The summed E-state index contributed by atoms with van der Waals surface area (Å²) in [7, 11) is 1.56. The van der Waals surface area contributed by atoms with Gasteiger partial charge >= 0.3 is 5.69 Å². The molecule has 0 saturated heterocycles. The van der Waals surface area contributed by atoms with Gasteiger partial charge in [-0.1, -0.05) is 0 Å². The summed E-state index contributed by atoms with van der Waals surface area (Å²) in [5.74, 6) is 0.894. The summed E-state index contributed by atoms with van der Waals surface area (Å²) < 4.78 is 5.02. The first-order chi connectivity index (χ1) is 6.70. The number of aromatic amines is 1. The largest absolute Gasteiger partial charge is 0.497 e. The van der Waals surface area contributed by atoms with Crippen molar-refractivity contribution in [3.63, 3.8) is 0 Å². The lowest BCUT2D eigenvalue weighted by Gasteiger charge is -2.02. The summed E-state index contributed by atoms with van der Waals surface area (Å²) in [4.78, 5) is 17.2. The van der Waals surface area contributed by atoms with E-state index >= 15 is 0 Å². The van der Waals surface area contributed by atoms with Crippen molar-refractivity contribution < 1.29 is 4.74 Å². The average molecular weight is 191 g/mol. The van der Waals surface area contributed by atoms with Gasteiger partial charge in [0.15, 0.2) is 0 Å². The predicted molar refractivity (Wildman–Crippen MR) is 53.3 cm³/mol. The molecule has 0 fully saturated rings. The number of ether oxygens (including phenoxy) is 1. The third-order valence-electron chi connectivity index (χ3n) is 1.97. The second-order valence-electron chi connectivity index (χ2n) is 2.84. The number of rotatable bonds is 1. The summed E-state index contributed by atoms with van der Waals surface area (Å²) in [6.45, 7) is 0. The van der Waals surface area contributed by atoms with E-state index in [9.17, 15) is 4.79 Å². The minimum absolute atomic E-state index is 0.228. The maximum Gasteiger partial charge on any atom is 0.347 e. The fourth-order valence-corrected chi connectivity index (χ4v) is 1.29. The Bertz CT molecular complexity index is 533. The third kappa shape index (κ3) is 1.28. The number of benzene rings is 1. The first-order valence-corrected chi connectivity index (χ1v) is 4.04. The second kappa shape index (κ2) is 3.02. The van der Waals surface area contributed by atoms with Gasteiger partial charge in [-0.05, 0) is 12.1 Å². The molecule has 0 saturated carbocycles. The number of nitrogens with two attached hydrogens (primary N) is 1. The highest BCUT2D eigenvalue weighted by molar-refractivity contribution is 5.88. The Labute approximate surface area is 79.5 Å². The number of hydrogen-bond acceptors (Lipinski definition) is 4. The van der Waals surface area contributed by atoms with Crippen LogP contribution in [0.25, 0.3) is 10.9 Å². The van der Waals surface area contributed by atoms with Gasteiger partial charge in [0, 0.05) is 11.5 Å². The van der Waals surface area contributed by atoms with Crippen molar-refractivity contribution in [3.05, 3.63) is 28.7 Å². The minimum Gasteiger partial charge on any atom is -0.497 e. The molecule has 0 radical (unpaired) electrons. The van der Waals surface area contributed by atoms with E-state index in [2.05, 4.69) is 9.97 Å². The number of nitrogen functional groups attached to an aromatic ring is 1. The van der Waals surface area contributed by atoms with Gasteiger partial charge in [-0.15, -0.1) is 0 Å². The molecule has 2 rings (SSSR count). The van der Waals surface area contributed by atoms with Crippen LogP contribution in [0, 0.1) is 0 Å². The van der Waals surface area contributed by atoms with E-state index in [0.29, 0.717) is 16.7 Å². The van der Waals surface area contributed by atoms with Crippen LogP contribution in [0.15, 0.2) is 23.0 Å². The molecule has 72 valence electrons. The fourth-order valence-electron chi connectivity index (χ4n) is 1.29. The molecule has 0 spiro atoms. The van der Waals surface area contributed by atoms with Crippen LogP contribution in [0.1, 0.15) is 0 Å². The number of nitrogens with one attached hydrogen (secondary N) is 1. The van der Waals surface area contributed by atoms with Crippen molar-refractivity contribution in [2.24, 2.45) is 0 Å². The van der Waals surface area contributed by atoms with Gasteiger partial charge in [0.2, 0.25) is 0 Å². The van der Waals surface area contributed by atoms with E-state index in [0.717, 1.165) is 0 Å². The summed E-state index contributed by atoms with van der Waals surface area (Å²) in [6.07, 6.45) is 0. The van der Waals surface area contributed by atoms with Gasteiger partial charge in [-0.3, -0.25) is 0 Å². The van der Waals surface area contributed by atoms with Crippen molar-refractivity contribution in [2.75, 3.05) is 12.8 Å². The molecule has 5 heteroatoms. The summed E-state index contributed by atoms with van der Waals surface area (Å²) in [5.41, 5.74) is 5.75. The van der Waals surface area contributed by atoms with Crippen molar-refractivity contribution in [3.8, 4) is 5.75 Å². The third-order valence-corrected chi connectivity index (χ3v) is 1.97. The highest BCUT2D eigenvalue weighted by atomic mass is 16.5. The van der Waals surface area contributed by atoms with Crippen LogP contribution in [0.5, 0.6) is 5.75 Å². The normalized spacial score (nSPS) is 10.4. The zero-order valence-electron chi connectivity index (χ0n) is 7.57. The minimum atomic E-state index is -0.455. The smallest absolute Gasteiger partial charge is 0.347 e. The molecule has 0 aliphatic carbocycles. The van der Waals surface area contributed by atoms with E-state index in [1.807, 2.05) is 0 Å². The summed E-state index contributed by atoms with van der Waals surface area (Å²) >= 11 is 0. The SMILES string of the molecule is COc1ccc2c(N)nc(=O)[nH]c2c1. The van der Waals surface area contributed by atoms with Crippen LogP contribution in [0.3, 0.4) is 0 Å². The van der Waals surface area contributed by atoms with E-state index in [4.69, 9.17) is 10.5 Å². The second-order valence-corrected chi connectivity index (χ2v) is 2.84. The van der Waals surface area contributed by atoms with E-state index in [1.54, 1.807) is 25.3 Å². The highest BCUT2D eigenvalue weighted by Crippen LogP contribution is 2.20. The number of fused-ring (bicyclic) bond motifs is 1. The lowest BCUT2D eigenvalue weighted by Crippen LogP contribution is -2.12. The maximum atomic E-state index is 11.0. The Morgan fingerprint density at radius 1 is 1.50 bits per heavy atom. The van der Waals surface area contributed by atoms with Crippen molar-refractivity contribution >= 4 is 16.7 Å². The number of nitrogens with zero attached hydrogens (tertiary/aromatic N) is 1. The monoisotopic (exact) mass is 191 g/mol. The van der Waals surface area contributed by atoms with Gasteiger partial charge < -0.3 is 15.5 Å². The van der Waals surface area contributed by atoms with Gasteiger partial charge in [0.05, 0.1) is 12.6 Å². The molecule has 1 heterocycles. The quantitative estimate of drug-likeness (QED) is 0.688. The number of methoxy groups -OCH3 is 1. The number of aromatic nitrogens is 2. The van der Waals surface area contributed by atoms with Crippen molar-refractivity contribution in [1.82, 2.24) is 9.97 Å². The van der Waals surface area contributed by atoms with E-state index in [1.165, 1.54) is 0 Å². The van der Waals surface area contributed by atoms with Crippen molar-refractivity contribution in [1.29, 1.82) is 0 Å².